The molecule has 3 nitrogen and oxygen atoms in total. The van der Waals surface area contributed by atoms with E-state index in [1.165, 1.54) is 28.1 Å². The predicted molar refractivity (Wildman–Crippen MR) is 123 cm³/mol. The lowest BCUT2D eigenvalue weighted by Gasteiger charge is -2.53. The highest BCUT2D eigenvalue weighted by Crippen LogP contribution is 2.63. The number of fused-ring (bicyclic) bond motifs is 2. The number of piperidine rings is 1. The second-order valence-corrected chi connectivity index (χ2v) is 10.3. The minimum Gasteiger partial charge on any atom is -0.357 e. The molecule has 0 aromatic heterocycles. The van der Waals surface area contributed by atoms with E-state index < -0.39 is 0 Å². The highest BCUT2D eigenvalue weighted by Gasteiger charge is 2.68. The van der Waals surface area contributed by atoms with Crippen LogP contribution < -0.4 is 5.32 Å². The van der Waals surface area contributed by atoms with Crippen LogP contribution in [0.25, 0.3) is 0 Å². The van der Waals surface area contributed by atoms with Crippen molar-refractivity contribution in [3.63, 3.8) is 0 Å². The average molecular weight is 462 g/mol. The van der Waals surface area contributed by atoms with Crippen LogP contribution in [0.2, 0.25) is 0 Å². The normalized spacial score (nSPS) is 34.5. The Hall–Kier alpha value is -2.17. The third-order valence-corrected chi connectivity index (χ3v) is 8.80. The van der Waals surface area contributed by atoms with E-state index in [-0.39, 0.29) is 11.3 Å². The van der Waals surface area contributed by atoms with Crippen molar-refractivity contribution >= 4 is 27.9 Å². The molecule has 4 atom stereocenters. The number of nitrogens with one attached hydrogen (secondary N) is 1. The fourth-order valence-corrected chi connectivity index (χ4v) is 7.35. The molecule has 0 saturated carbocycles. The van der Waals surface area contributed by atoms with Gasteiger partial charge in [-0.3, -0.25) is 4.79 Å². The first kappa shape index (κ1) is 18.6. The maximum absolute atomic E-state index is 12.4. The Morgan fingerprint density at radius 3 is 2.77 bits per heavy atom. The van der Waals surface area contributed by atoms with Crippen LogP contribution in [-0.2, 0) is 16.8 Å². The van der Waals surface area contributed by atoms with Crippen molar-refractivity contribution in [2.75, 3.05) is 18.4 Å². The van der Waals surface area contributed by atoms with Gasteiger partial charge in [-0.1, -0.05) is 52.3 Å². The number of benzene rings is 2. The first-order chi connectivity index (χ1) is 14.6. The standard InChI is InChI=1S/C26H25BrN2O/c1-2-18-15-29(14-17-7-9-19(27)10-8-17)12-11-26-22-5-3-4-6-23(22)28-25(26)21(16-30)20(18)13-24(26)29/h2-10,16,20,24H,11-15H2,1H3/p+1/b18-2-/t20-,24+,26+,29?/m0/s1. The Kier molecular flexibility index (Phi) is 3.97. The van der Waals surface area contributed by atoms with Gasteiger partial charge in [-0.15, -0.1) is 0 Å². The number of allylic oxidation sites excluding steroid dienone is 2. The third-order valence-electron chi connectivity index (χ3n) is 8.27. The number of quaternary nitrogens is 1. The van der Waals surface area contributed by atoms with E-state index in [1.807, 2.05) is 0 Å². The van der Waals surface area contributed by atoms with Gasteiger partial charge in [0.05, 0.1) is 12.0 Å². The quantitative estimate of drug-likeness (QED) is 0.379. The van der Waals surface area contributed by atoms with Gasteiger partial charge in [0.15, 0.2) is 0 Å². The number of anilines is 1. The van der Waals surface area contributed by atoms with Crippen molar-refractivity contribution in [1.29, 1.82) is 0 Å². The molecule has 1 unspecified atom stereocenters. The molecule has 2 bridgehead atoms. The second-order valence-electron chi connectivity index (χ2n) is 9.39. The Labute approximate surface area is 186 Å². The number of carbonyl (C=O) groups is 1. The summed E-state index contributed by atoms with van der Waals surface area (Å²) in [5.74, 6) is 0.261. The molecule has 2 aromatic rings. The first-order valence-corrected chi connectivity index (χ1v) is 11.7. The van der Waals surface area contributed by atoms with Gasteiger partial charge in [-0.2, -0.15) is 0 Å². The van der Waals surface area contributed by atoms with E-state index in [1.54, 1.807) is 0 Å². The van der Waals surface area contributed by atoms with E-state index >= 15 is 0 Å². The lowest BCUT2D eigenvalue weighted by Crippen LogP contribution is -2.62. The monoisotopic (exact) mass is 461 g/mol. The Morgan fingerprint density at radius 2 is 2.00 bits per heavy atom. The zero-order valence-electron chi connectivity index (χ0n) is 17.2. The van der Waals surface area contributed by atoms with Gasteiger partial charge in [-0.05, 0) is 36.3 Å². The fourth-order valence-electron chi connectivity index (χ4n) is 7.08. The van der Waals surface area contributed by atoms with Crippen LogP contribution in [0.15, 0.2) is 75.9 Å². The van der Waals surface area contributed by atoms with Crippen molar-refractivity contribution in [2.45, 2.75) is 37.8 Å². The number of rotatable bonds is 3. The second kappa shape index (κ2) is 6.41. The summed E-state index contributed by atoms with van der Waals surface area (Å²) >= 11 is 3.58. The van der Waals surface area contributed by atoms with Crippen molar-refractivity contribution in [2.24, 2.45) is 5.92 Å². The van der Waals surface area contributed by atoms with Crippen molar-refractivity contribution in [3.8, 4) is 0 Å². The number of hydrogen-bond acceptors (Lipinski definition) is 2. The van der Waals surface area contributed by atoms with E-state index in [0.29, 0.717) is 6.04 Å². The average Bonchev–Trinajstić information content (AvgIpc) is 3.29. The summed E-state index contributed by atoms with van der Waals surface area (Å²) in [7, 11) is 0. The molecular weight excluding hydrogens is 436 g/mol. The van der Waals surface area contributed by atoms with E-state index in [2.05, 4.69) is 82.8 Å². The molecule has 2 saturated heterocycles. The molecule has 30 heavy (non-hydrogen) atoms. The van der Waals surface area contributed by atoms with Crippen LogP contribution in [0, 0.1) is 5.92 Å². The Bertz CT molecular complexity index is 1120. The molecule has 1 aliphatic carbocycles. The van der Waals surface area contributed by atoms with Gasteiger partial charge >= 0.3 is 0 Å². The highest BCUT2D eigenvalue weighted by atomic mass is 79.9. The summed E-state index contributed by atoms with van der Waals surface area (Å²) in [5, 5.41) is 3.72. The van der Waals surface area contributed by atoms with Gasteiger partial charge in [0.1, 0.15) is 25.4 Å². The van der Waals surface area contributed by atoms with Crippen LogP contribution in [0.5, 0.6) is 0 Å². The molecule has 3 aliphatic heterocycles. The summed E-state index contributed by atoms with van der Waals surface area (Å²) in [6, 6.07) is 18.1. The number of halogens is 1. The molecule has 6 rings (SSSR count). The van der Waals surface area contributed by atoms with Crippen LogP contribution >= 0.6 is 15.9 Å². The van der Waals surface area contributed by atoms with E-state index in [4.69, 9.17) is 0 Å². The van der Waals surface area contributed by atoms with Gasteiger partial charge in [0, 0.05) is 45.8 Å². The molecule has 0 amide bonds. The molecule has 4 aliphatic rings. The van der Waals surface area contributed by atoms with Crippen molar-refractivity contribution in [1.82, 2.24) is 0 Å². The number of nitrogens with zero attached hydrogens (tertiary/aromatic N) is 1. The fraction of sp³-hybridized carbons (Fsp3) is 0.346. The van der Waals surface area contributed by atoms with Crippen molar-refractivity contribution in [3.05, 3.63) is 87.0 Å². The summed E-state index contributed by atoms with van der Waals surface area (Å²) < 4.78 is 2.23. The lowest BCUT2D eigenvalue weighted by molar-refractivity contribution is -0.954. The van der Waals surface area contributed by atoms with Gasteiger partial charge in [0.2, 0.25) is 0 Å². The lowest BCUT2D eigenvalue weighted by atomic mass is 9.61. The summed E-state index contributed by atoms with van der Waals surface area (Å²) in [4.78, 5) is 12.4. The van der Waals surface area contributed by atoms with Crippen LogP contribution in [0.3, 0.4) is 0 Å². The molecule has 4 heteroatoms. The summed E-state index contributed by atoms with van der Waals surface area (Å²) in [6.45, 7) is 5.40. The van der Waals surface area contributed by atoms with Crippen LogP contribution in [0.1, 0.15) is 30.9 Å². The topological polar surface area (TPSA) is 29.1 Å². The number of aldehydes is 1. The highest BCUT2D eigenvalue weighted by molar-refractivity contribution is 9.10. The minimum atomic E-state index is -0.0437. The molecule has 2 fully saturated rings. The summed E-state index contributed by atoms with van der Waals surface area (Å²) in [6.07, 6.45) is 5.60. The molecular formula is C26H26BrN2O+. The van der Waals surface area contributed by atoms with E-state index in [0.717, 1.165) is 53.3 Å². The number of para-hydroxylation sites is 1. The molecule has 1 N–H and O–H groups in total. The Morgan fingerprint density at radius 1 is 1.20 bits per heavy atom. The smallest absolute Gasteiger partial charge is 0.148 e. The Balaban J connectivity index is 1.56. The van der Waals surface area contributed by atoms with Gasteiger partial charge < -0.3 is 9.80 Å². The van der Waals surface area contributed by atoms with E-state index in [9.17, 15) is 4.79 Å². The number of carbonyl (C=O) groups excluding carboxylic acids is 1. The molecule has 2 aromatic carbocycles. The maximum Gasteiger partial charge on any atom is 0.148 e. The van der Waals surface area contributed by atoms with Gasteiger partial charge in [0.25, 0.3) is 0 Å². The molecule has 0 radical (unpaired) electrons. The van der Waals surface area contributed by atoms with Crippen LogP contribution in [-0.4, -0.2) is 29.9 Å². The molecule has 152 valence electrons. The number of hydrogen-bond donors (Lipinski definition) is 1. The van der Waals surface area contributed by atoms with Crippen LogP contribution in [0.4, 0.5) is 5.69 Å². The predicted octanol–water partition coefficient (Wildman–Crippen LogP) is 5.33. The van der Waals surface area contributed by atoms with Gasteiger partial charge in [-0.25, -0.2) is 0 Å². The summed E-state index contributed by atoms with van der Waals surface area (Å²) in [5.41, 5.74) is 7.60. The first-order valence-electron chi connectivity index (χ1n) is 10.9. The SMILES string of the molecule is C/C=C1/C[N+]2(Cc3ccc(Br)cc3)CC[C@]34C(=C(C=O)[C@H]1C[C@H]32)Nc1ccccc14. The molecule has 3 heterocycles. The zero-order chi connectivity index (χ0) is 20.5. The van der Waals surface area contributed by atoms with Crippen molar-refractivity contribution < 1.29 is 9.28 Å². The maximum atomic E-state index is 12.4. The third kappa shape index (κ3) is 2.27. The zero-order valence-corrected chi connectivity index (χ0v) is 18.8. The molecule has 1 spiro atoms. The minimum absolute atomic E-state index is 0.0437. The largest absolute Gasteiger partial charge is 0.357 e.